The van der Waals surface area contributed by atoms with Crippen LogP contribution < -0.4 is 20.1 Å². The average molecular weight is 400 g/mol. The van der Waals surface area contributed by atoms with E-state index in [0.29, 0.717) is 12.6 Å². The van der Waals surface area contributed by atoms with E-state index in [0.717, 1.165) is 54.6 Å². The predicted molar refractivity (Wildman–Crippen MR) is 113 cm³/mol. The number of benzene rings is 2. The lowest BCUT2D eigenvalue weighted by Crippen LogP contribution is -2.44. The van der Waals surface area contributed by atoms with E-state index < -0.39 is 0 Å². The minimum atomic E-state index is -0.229. The van der Waals surface area contributed by atoms with Crippen molar-refractivity contribution in [1.29, 1.82) is 0 Å². The number of nitrogens with zero attached hydrogens (tertiary/aromatic N) is 2. The molecule has 0 amide bonds. The standard InChI is InChI=1S/C22H29FN4O2/c1-24-22(25-13-16-5-4-6-18(23)9-16)26-19-7-8-27(15-19)14-17-10-20(28-2)12-21(11-17)29-3/h4-6,9-12,19H,7-8,13-15H2,1-3H3,(H2,24,25,26). The third-order valence-corrected chi connectivity index (χ3v) is 5.00. The maximum atomic E-state index is 13.3. The van der Waals surface area contributed by atoms with Gasteiger partial charge in [-0.2, -0.15) is 0 Å². The van der Waals surface area contributed by atoms with Crippen LogP contribution in [0.5, 0.6) is 11.5 Å². The third-order valence-electron chi connectivity index (χ3n) is 5.00. The van der Waals surface area contributed by atoms with Crippen LogP contribution in [0.1, 0.15) is 17.5 Å². The molecule has 6 nitrogen and oxygen atoms in total. The first-order chi connectivity index (χ1) is 14.1. The summed E-state index contributed by atoms with van der Waals surface area (Å²) in [5.41, 5.74) is 2.04. The summed E-state index contributed by atoms with van der Waals surface area (Å²) < 4.78 is 24.0. The van der Waals surface area contributed by atoms with Crippen molar-refractivity contribution in [2.45, 2.75) is 25.6 Å². The molecule has 2 aromatic rings. The molecule has 1 unspecified atom stereocenters. The van der Waals surface area contributed by atoms with Gasteiger partial charge in [0.05, 0.1) is 14.2 Å². The highest BCUT2D eigenvalue weighted by Gasteiger charge is 2.23. The second kappa shape index (κ2) is 10.1. The molecular formula is C22H29FN4O2. The lowest BCUT2D eigenvalue weighted by molar-refractivity contribution is 0.321. The van der Waals surface area contributed by atoms with Crippen molar-refractivity contribution >= 4 is 5.96 Å². The van der Waals surface area contributed by atoms with Crippen molar-refractivity contribution in [2.75, 3.05) is 34.4 Å². The van der Waals surface area contributed by atoms with Crippen LogP contribution in [0.2, 0.25) is 0 Å². The van der Waals surface area contributed by atoms with E-state index in [9.17, 15) is 4.39 Å². The molecule has 1 aliphatic rings. The topological polar surface area (TPSA) is 58.1 Å². The van der Waals surface area contributed by atoms with E-state index in [1.807, 2.05) is 24.3 Å². The summed E-state index contributed by atoms with van der Waals surface area (Å²) in [5, 5.41) is 6.72. The Balaban J connectivity index is 1.51. The summed E-state index contributed by atoms with van der Waals surface area (Å²) in [7, 11) is 5.07. The van der Waals surface area contributed by atoms with E-state index in [1.165, 1.54) is 12.1 Å². The minimum Gasteiger partial charge on any atom is -0.497 e. The van der Waals surface area contributed by atoms with Crippen LogP contribution in [0.25, 0.3) is 0 Å². The highest BCUT2D eigenvalue weighted by molar-refractivity contribution is 5.80. The molecule has 0 saturated carbocycles. The summed E-state index contributed by atoms with van der Waals surface area (Å²) >= 11 is 0. The Morgan fingerprint density at radius 1 is 1.14 bits per heavy atom. The quantitative estimate of drug-likeness (QED) is 0.553. The number of likely N-dealkylation sites (tertiary alicyclic amines) is 1. The number of hydrogen-bond acceptors (Lipinski definition) is 4. The van der Waals surface area contributed by atoms with E-state index in [-0.39, 0.29) is 5.82 Å². The number of aliphatic imine (C=N–C) groups is 1. The zero-order valence-corrected chi connectivity index (χ0v) is 17.2. The Morgan fingerprint density at radius 2 is 1.90 bits per heavy atom. The molecule has 1 aliphatic heterocycles. The van der Waals surface area contributed by atoms with Crippen LogP contribution in [0.15, 0.2) is 47.5 Å². The molecular weight excluding hydrogens is 371 g/mol. The predicted octanol–water partition coefficient (Wildman–Crippen LogP) is 2.78. The minimum absolute atomic E-state index is 0.229. The molecule has 0 aliphatic carbocycles. The highest BCUT2D eigenvalue weighted by Crippen LogP contribution is 2.24. The van der Waals surface area contributed by atoms with Gasteiger partial charge in [-0.1, -0.05) is 12.1 Å². The van der Waals surface area contributed by atoms with Gasteiger partial charge in [0.25, 0.3) is 0 Å². The molecule has 1 atom stereocenters. The Labute approximate surface area is 171 Å². The first-order valence-electron chi connectivity index (χ1n) is 9.75. The van der Waals surface area contributed by atoms with Gasteiger partial charge in [0, 0.05) is 45.3 Å². The number of nitrogens with one attached hydrogen (secondary N) is 2. The van der Waals surface area contributed by atoms with Crippen LogP contribution in [-0.4, -0.2) is 51.3 Å². The fraction of sp³-hybridized carbons (Fsp3) is 0.409. The van der Waals surface area contributed by atoms with Crippen LogP contribution in [0.3, 0.4) is 0 Å². The fourth-order valence-corrected chi connectivity index (χ4v) is 3.53. The molecule has 1 saturated heterocycles. The number of methoxy groups -OCH3 is 2. The van der Waals surface area contributed by atoms with Crippen molar-refractivity contribution in [3.8, 4) is 11.5 Å². The summed E-state index contributed by atoms with van der Waals surface area (Å²) in [6.07, 6.45) is 1.03. The van der Waals surface area contributed by atoms with Gasteiger partial charge in [-0.05, 0) is 41.8 Å². The van der Waals surface area contributed by atoms with E-state index in [1.54, 1.807) is 27.3 Å². The first kappa shape index (κ1) is 20.9. The second-order valence-electron chi connectivity index (χ2n) is 7.14. The number of guanidine groups is 1. The number of ether oxygens (including phenoxy) is 2. The monoisotopic (exact) mass is 400 g/mol. The number of rotatable bonds is 7. The van der Waals surface area contributed by atoms with Gasteiger partial charge in [0.2, 0.25) is 0 Å². The summed E-state index contributed by atoms with van der Waals surface area (Å²) in [6.45, 7) is 3.27. The molecule has 2 N–H and O–H groups in total. The van der Waals surface area contributed by atoms with Crippen LogP contribution >= 0.6 is 0 Å². The van der Waals surface area contributed by atoms with E-state index in [2.05, 4.69) is 20.5 Å². The molecule has 2 aromatic carbocycles. The van der Waals surface area contributed by atoms with Gasteiger partial charge >= 0.3 is 0 Å². The lowest BCUT2D eigenvalue weighted by atomic mass is 10.2. The van der Waals surface area contributed by atoms with Gasteiger partial charge in [-0.25, -0.2) is 4.39 Å². The third kappa shape index (κ3) is 6.09. The van der Waals surface area contributed by atoms with E-state index in [4.69, 9.17) is 9.47 Å². The lowest BCUT2D eigenvalue weighted by Gasteiger charge is -2.19. The largest absolute Gasteiger partial charge is 0.497 e. The summed E-state index contributed by atoms with van der Waals surface area (Å²) in [4.78, 5) is 6.69. The maximum Gasteiger partial charge on any atom is 0.191 e. The molecule has 156 valence electrons. The molecule has 0 spiro atoms. The second-order valence-corrected chi connectivity index (χ2v) is 7.14. The van der Waals surface area contributed by atoms with Crippen LogP contribution in [0.4, 0.5) is 4.39 Å². The fourth-order valence-electron chi connectivity index (χ4n) is 3.53. The number of halogens is 1. The first-order valence-corrected chi connectivity index (χ1v) is 9.75. The van der Waals surface area contributed by atoms with Gasteiger partial charge in [-0.15, -0.1) is 0 Å². The Bertz CT molecular complexity index is 821. The molecule has 0 aromatic heterocycles. The Kier molecular flexibility index (Phi) is 7.30. The molecule has 0 radical (unpaired) electrons. The number of hydrogen-bond donors (Lipinski definition) is 2. The molecule has 0 bridgehead atoms. The van der Waals surface area contributed by atoms with Crippen LogP contribution in [-0.2, 0) is 13.1 Å². The molecule has 29 heavy (non-hydrogen) atoms. The van der Waals surface area contributed by atoms with Crippen molar-refractivity contribution in [3.05, 3.63) is 59.4 Å². The van der Waals surface area contributed by atoms with Crippen molar-refractivity contribution in [2.24, 2.45) is 4.99 Å². The normalized spacial score (nSPS) is 17.2. The zero-order valence-electron chi connectivity index (χ0n) is 17.2. The van der Waals surface area contributed by atoms with Gasteiger partial charge in [-0.3, -0.25) is 9.89 Å². The Hall–Kier alpha value is -2.80. The van der Waals surface area contributed by atoms with Gasteiger partial charge < -0.3 is 20.1 Å². The molecule has 7 heteroatoms. The molecule has 3 rings (SSSR count). The van der Waals surface area contributed by atoms with Crippen molar-refractivity contribution in [1.82, 2.24) is 15.5 Å². The Morgan fingerprint density at radius 3 is 2.55 bits per heavy atom. The van der Waals surface area contributed by atoms with E-state index >= 15 is 0 Å². The molecule has 1 fully saturated rings. The van der Waals surface area contributed by atoms with Gasteiger partial charge in [0.1, 0.15) is 17.3 Å². The smallest absolute Gasteiger partial charge is 0.191 e. The summed E-state index contributed by atoms with van der Waals surface area (Å²) in [6, 6.07) is 12.9. The maximum absolute atomic E-state index is 13.3. The van der Waals surface area contributed by atoms with Crippen molar-refractivity contribution in [3.63, 3.8) is 0 Å². The average Bonchev–Trinajstić information content (AvgIpc) is 3.17. The van der Waals surface area contributed by atoms with Crippen LogP contribution in [0, 0.1) is 5.82 Å². The highest BCUT2D eigenvalue weighted by atomic mass is 19.1. The molecule has 1 heterocycles. The SMILES string of the molecule is CN=C(NCc1cccc(F)c1)NC1CCN(Cc2cc(OC)cc(OC)c2)C1. The summed E-state index contributed by atoms with van der Waals surface area (Å²) in [5.74, 6) is 2.10. The zero-order chi connectivity index (χ0) is 20.6. The van der Waals surface area contributed by atoms with Gasteiger partial charge in [0.15, 0.2) is 5.96 Å². The van der Waals surface area contributed by atoms with Crippen molar-refractivity contribution < 1.29 is 13.9 Å².